The highest BCUT2D eigenvalue weighted by Gasteiger charge is 2.36. The van der Waals surface area contributed by atoms with Gasteiger partial charge in [0.1, 0.15) is 12.0 Å². The number of amides is 1. The van der Waals surface area contributed by atoms with E-state index in [0.717, 1.165) is 26.8 Å². The van der Waals surface area contributed by atoms with Crippen LogP contribution in [0.2, 0.25) is 0 Å². The van der Waals surface area contributed by atoms with Gasteiger partial charge in [-0.15, -0.1) is 22.9 Å². The number of carbonyl (C=O) groups is 3. The molecule has 1 aromatic heterocycles. The highest BCUT2D eigenvalue weighted by atomic mass is 35.5. The molecule has 0 saturated carbocycles. The second-order valence-corrected chi connectivity index (χ2v) is 8.14. The number of thiophene rings is 1. The van der Waals surface area contributed by atoms with Crippen LogP contribution < -0.4 is 9.64 Å². The summed E-state index contributed by atoms with van der Waals surface area (Å²) in [7, 11) is 0. The van der Waals surface area contributed by atoms with E-state index in [1.54, 1.807) is 22.3 Å². The van der Waals surface area contributed by atoms with Crippen LogP contribution >= 0.6 is 22.9 Å². The lowest BCUT2D eigenvalue weighted by Gasteiger charge is -2.19. The lowest BCUT2D eigenvalue weighted by atomic mass is 10.0. The van der Waals surface area contributed by atoms with Gasteiger partial charge in [0.2, 0.25) is 0 Å². The largest absolute Gasteiger partial charge is 0.426 e. The van der Waals surface area contributed by atoms with Gasteiger partial charge in [-0.3, -0.25) is 9.59 Å². The first-order valence-electron chi connectivity index (χ1n) is 8.62. The Labute approximate surface area is 166 Å². The maximum absolute atomic E-state index is 12.9. The molecule has 1 aliphatic heterocycles. The number of aryl methyl sites for hydroxylation is 1. The van der Waals surface area contributed by atoms with E-state index >= 15 is 0 Å². The van der Waals surface area contributed by atoms with Gasteiger partial charge in [0.15, 0.2) is 0 Å². The Balaban J connectivity index is 2.13. The Morgan fingerprint density at radius 3 is 2.81 bits per heavy atom. The first kappa shape index (κ1) is 19.6. The van der Waals surface area contributed by atoms with Crippen LogP contribution in [0, 0.1) is 6.92 Å². The number of rotatable bonds is 6. The summed E-state index contributed by atoms with van der Waals surface area (Å²) in [5.74, 6) is 0.146. The molecule has 1 atom stereocenters. The van der Waals surface area contributed by atoms with Crippen LogP contribution in [0.25, 0.3) is 10.1 Å². The van der Waals surface area contributed by atoms with E-state index in [9.17, 15) is 14.4 Å². The quantitative estimate of drug-likeness (QED) is 0.236. The monoisotopic (exact) mass is 405 g/mol. The van der Waals surface area contributed by atoms with Gasteiger partial charge in [-0.05, 0) is 19.4 Å². The van der Waals surface area contributed by atoms with Crippen LogP contribution in [0.3, 0.4) is 0 Å². The van der Waals surface area contributed by atoms with E-state index in [4.69, 9.17) is 16.3 Å². The van der Waals surface area contributed by atoms with Gasteiger partial charge in [0.05, 0.1) is 5.69 Å². The molecule has 27 heavy (non-hydrogen) atoms. The molecule has 2 heterocycles. The van der Waals surface area contributed by atoms with E-state index in [1.807, 2.05) is 13.0 Å². The van der Waals surface area contributed by atoms with E-state index in [1.165, 1.54) is 6.92 Å². The SMILES string of the molecule is C=C(CCC=O)C(=O)N1CC(CCl)c2c1cc(OC(C)=O)c1cc(C)sc21. The minimum absolute atomic E-state index is 0.0172. The molecule has 1 unspecified atom stereocenters. The summed E-state index contributed by atoms with van der Waals surface area (Å²) >= 11 is 7.81. The molecule has 3 rings (SSSR count). The molecule has 0 aliphatic carbocycles. The van der Waals surface area contributed by atoms with Crippen molar-refractivity contribution in [3.8, 4) is 5.75 Å². The van der Waals surface area contributed by atoms with Gasteiger partial charge in [-0.25, -0.2) is 0 Å². The van der Waals surface area contributed by atoms with Crippen LogP contribution in [0.1, 0.15) is 36.1 Å². The summed E-state index contributed by atoms with van der Waals surface area (Å²) in [5, 5.41) is 0.857. The Hall–Kier alpha value is -2.18. The molecule has 1 aromatic carbocycles. The highest BCUT2D eigenvalue weighted by molar-refractivity contribution is 7.19. The predicted octanol–water partition coefficient (Wildman–Crippen LogP) is 4.34. The van der Waals surface area contributed by atoms with Crippen LogP contribution in [0.5, 0.6) is 5.75 Å². The fraction of sp³-hybridized carbons (Fsp3) is 0.350. The minimum Gasteiger partial charge on any atom is -0.426 e. The summed E-state index contributed by atoms with van der Waals surface area (Å²) in [6.45, 7) is 7.61. The fourth-order valence-electron chi connectivity index (χ4n) is 3.41. The average molecular weight is 406 g/mol. The molecule has 1 amide bonds. The Morgan fingerprint density at radius 1 is 1.44 bits per heavy atom. The van der Waals surface area contributed by atoms with Crippen LogP contribution in [0.4, 0.5) is 5.69 Å². The second kappa shape index (κ2) is 7.82. The van der Waals surface area contributed by atoms with Gasteiger partial charge in [0, 0.05) is 63.9 Å². The number of aldehydes is 1. The molecule has 7 heteroatoms. The highest BCUT2D eigenvalue weighted by Crippen LogP contribution is 2.48. The van der Waals surface area contributed by atoms with Crippen LogP contribution in [0.15, 0.2) is 24.3 Å². The number of alkyl halides is 1. The third kappa shape index (κ3) is 3.64. The van der Waals surface area contributed by atoms with Crippen molar-refractivity contribution in [3.05, 3.63) is 34.7 Å². The number of hydrogen-bond donors (Lipinski definition) is 0. The third-order valence-electron chi connectivity index (χ3n) is 4.56. The summed E-state index contributed by atoms with van der Waals surface area (Å²) in [6.07, 6.45) is 1.34. The number of ether oxygens (including phenoxy) is 1. The topological polar surface area (TPSA) is 63.7 Å². The number of benzene rings is 1. The van der Waals surface area contributed by atoms with E-state index in [2.05, 4.69) is 6.58 Å². The van der Waals surface area contributed by atoms with Crippen LogP contribution in [-0.2, 0) is 14.4 Å². The molecule has 0 fully saturated rings. The average Bonchev–Trinajstić information content (AvgIpc) is 3.18. The number of fused-ring (bicyclic) bond motifs is 3. The van der Waals surface area contributed by atoms with Gasteiger partial charge < -0.3 is 14.4 Å². The molecular formula is C20H20ClNO4S. The van der Waals surface area contributed by atoms with E-state index in [-0.39, 0.29) is 18.2 Å². The molecule has 0 saturated heterocycles. The maximum atomic E-state index is 12.9. The van der Waals surface area contributed by atoms with Crippen molar-refractivity contribution in [2.75, 3.05) is 17.3 Å². The maximum Gasteiger partial charge on any atom is 0.308 e. The van der Waals surface area contributed by atoms with E-state index < -0.39 is 5.97 Å². The van der Waals surface area contributed by atoms with Crippen LogP contribution in [-0.4, -0.2) is 30.6 Å². The number of carbonyl (C=O) groups excluding carboxylic acids is 3. The lowest BCUT2D eigenvalue weighted by molar-refractivity contribution is -0.131. The van der Waals surface area contributed by atoms with Gasteiger partial charge in [-0.2, -0.15) is 0 Å². The second-order valence-electron chi connectivity index (χ2n) is 6.58. The van der Waals surface area contributed by atoms with Gasteiger partial charge in [-0.1, -0.05) is 6.58 Å². The van der Waals surface area contributed by atoms with Crippen molar-refractivity contribution in [3.63, 3.8) is 0 Å². The number of nitrogens with zero attached hydrogens (tertiary/aromatic N) is 1. The molecule has 1 aliphatic rings. The summed E-state index contributed by atoms with van der Waals surface area (Å²) in [6, 6.07) is 3.72. The number of halogens is 1. The number of hydrogen-bond acceptors (Lipinski definition) is 5. The predicted molar refractivity (Wildman–Crippen MR) is 108 cm³/mol. The first-order chi connectivity index (χ1) is 12.9. The number of esters is 1. The lowest BCUT2D eigenvalue weighted by Crippen LogP contribution is -2.31. The molecule has 0 spiro atoms. The van der Waals surface area contributed by atoms with Crippen molar-refractivity contribution in [2.24, 2.45) is 0 Å². The zero-order valence-electron chi connectivity index (χ0n) is 15.2. The summed E-state index contributed by atoms with van der Waals surface area (Å²) in [4.78, 5) is 37.8. The van der Waals surface area contributed by atoms with Crippen molar-refractivity contribution in [1.29, 1.82) is 0 Å². The minimum atomic E-state index is -0.416. The van der Waals surface area contributed by atoms with E-state index in [0.29, 0.717) is 35.9 Å². The number of anilines is 1. The molecule has 5 nitrogen and oxygen atoms in total. The summed E-state index contributed by atoms with van der Waals surface area (Å²) < 4.78 is 6.40. The zero-order chi connectivity index (χ0) is 19.7. The third-order valence-corrected chi connectivity index (χ3v) is 6.02. The van der Waals surface area contributed by atoms with Gasteiger partial charge >= 0.3 is 5.97 Å². The Kier molecular flexibility index (Phi) is 5.67. The molecule has 0 N–H and O–H groups in total. The zero-order valence-corrected chi connectivity index (χ0v) is 16.8. The normalized spacial score (nSPS) is 15.7. The summed E-state index contributed by atoms with van der Waals surface area (Å²) in [5.41, 5.74) is 2.08. The molecular weight excluding hydrogens is 386 g/mol. The van der Waals surface area contributed by atoms with Crippen molar-refractivity contribution >= 4 is 56.9 Å². The van der Waals surface area contributed by atoms with Crippen molar-refractivity contribution in [1.82, 2.24) is 0 Å². The fourth-order valence-corrected chi connectivity index (χ4v) is 4.81. The molecule has 0 bridgehead atoms. The smallest absolute Gasteiger partial charge is 0.308 e. The first-order valence-corrected chi connectivity index (χ1v) is 9.97. The Bertz CT molecular complexity index is 949. The molecule has 0 radical (unpaired) electrons. The van der Waals surface area contributed by atoms with Gasteiger partial charge in [0.25, 0.3) is 5.91 Å². The molecule has 2 aromatic rings. The van der Waals surface area contributed by atoms with Crippen molar-refractivity contribution in [2.45, 2.75) is 32.6 Å². The van der Waals surface area contributed by atoms with Crippen molar-refractivity contribution < 1.29 is 19.1 Å². The standard InChI is InChI=1S/C20H20ClNO4S/c1-11(5-4-6-23)20(25)22-10-14(9-21)18-16(22)8-17(26-13(3)24)15-7-12(2)27-19(15)18/h6-8,14H,1,4-5,9-10H2,2-3H3. The Morgan fingerprint density at radius 2 is 2.19 bits per heavy atom. The molecule has 142 valence electrons.